The zero-order valence-electron chi connectivity index (χ0n) is 12.8. The van der Waals surface area contributed by atoms with Crippen LogP contribution in [0, 0.1) is 6.92 Å². The molecule has 0 amide bonds. The summed E-state index contributed by atoms with van der Waals surface area (Å²) in [6, 6.07) is 5.76. The quantitative estimate of drug-likeness (QED) is 0.797. The highest BCUT2D eigenvalue weighted by Crippen LogP contribution is 2.19. The molecular weight excluding hydrogens is 238 g/mol. The van der Waals surface area contributed by atoms with Gasteiger partial charge in [-0.2, -0.15) is 0 Å². The maximum Gasteiger partial charge on any atom is 0.338 e. The molecule has 1 heterocycles. The first-order valence-electron chi connectivity index (χ1n) is 6.97. The summed E-state index contributed by atoms with van der Waals surface area (Å²) in [4.78, 5) is 14.7. The summed E-state index contributed by atoms with van der Waals surface area (Å²) in [7, 11) is 0. The van der Waals surface area contributed by atoms with Crippen LogP contribution in [0.15, 0.2) is 24.4 Å². The van der Waals surface area contributed by atoms with Crippen molar-refractivity contribution in [3.63, 3.8) is 0 Å². The molecule has 106 valence electrons. The van der Waals surface area contributed by atoms with Crippen molar-refractivity contribution in [2.24, 2.45) is 0 Å². The number of nitrogens with one attached hydrogen (secondary N) is 1. The Kier molecular flexibility index (Phi) is 8.34. The van der Waals surface area contributed by atoms with Crippen molar-refractivity contribution >= 4 is 16.9 Å². The van der Waals surface area contributed by atoms with Gasteiger partial charge in [0.15, 0.2) is 0 Å². The van der Waals surface area contributed by atoms with Gasteiger partial charge in [0.05, 0.1) is 12.2 Å². The minimum atomic E-state index is -0.252. The third kappa shape index (κ3) is 4.43. The molecule has 0 saturated heterocycles. The molecule has 1 N–H and O–H groups in total. The highest BCUT2D eigenvalue weighted by atomic mass is 16.5. The molecule has 0 bridgehead atoms. The first-order chi connectivity index (χ1) is 9.22. The monoisotopic (exact) mass is 263 g/mol. The second-order valence-corrected chi connectivity index (χ2v) is 3.45. The Morgan fingerprint density at radius 2 is 1.84 bits per heavy atom. The van der Waals surface area contributed by atoms with Crippen LogP contribution in [0.5, 0.6) is 0 Å². The van der Waals surface area contributed by atoms with E-state index in [0.29, 0.717) is 12.2 Å². The predicted octanol–water partition coefficient (Wildman–Crippen LogP) is 4.71. The van der Waals surface area contributed by atoms with Crippen LogP contribution in [0.2, 0.25) is 0 Å². The lowest BCUT2D eigenvalue weighted by atomic mass is 10.1. The van der Waals surface area contributed by atoms with E-state index in [2.05, 4.69) is 4.98 Å². The number of benzene rings is 1. The van der Waals surface area contributed by atoms with Crippen LogP contribution in [0.3, 0.4) is 0 Å². The van der Waals surface area contributed by atoms with Gasteiger partial charge in [-0.05, 0) is 37.6 Å². The van der Waals surface area contributed by atoms with Gasteiger partial charge in [-0.1, -0.05) is 27.7 Å². The second-order valence-electron chi connectivity index (χ2n) is 3.45. The molecule has 3 nitrogen and oxygen atoms in total. The number of aryl methyl sites for hydroxylation is 1. The number of esters is 1. The topological polar surface area (TPSA) is 42.1 Å². The van der Waals surface area contributed by atoms with Crippen molar-refractivity contribution in [2.45, 2.75) is 41.5 Å². The average molecular weight is 263 g/mol. The molecule has 0 saturated carbocycles. The number of hydrogen-bond donors (Lipinski definition) is 1. The minimum absolute atomic E-state index is 0.252. The van der Waals surface area contributed by atoms with Crippen LogP contribution < -0.4 is 0 Å². The maximum atomic E-state index is 11.6. The van der Waals surface area contributed by atoms with Gasteiger partial charge in [0.2, 0.25) is 0 Å². The van der Waals surface area contributed by atoms with Gasteiger partial charge < -0.3 is 9.72 Å². The van der Waals surface area contributed by atoms with Crippen molar-refractivity contribution in [2.75, 3.05) is 6.61 Å². The highest BCUT2D eigenvalue weighted by Gasteiger charge is 2.11. The largest absolute Gasteiger partial charge is 0.462 e. The molecule has 1 aromatic heterocycles. The Balaban J connectivity index is 0.000000741. The van der Waals surface area contributed by atoms with E-state index >= 15 is 0 Å². The zero-order chi connectivity index (χ0) is 14.8. The van der Waals surface area contributed by atoms with Gasteiger partial charge in [0, 0.05) is 17.1 Å². The average Bonchev–Trinajstić information content (AvgIpc) is 2.89. The SMILES string of the molecule is CC.CC.CCOC(=O)c1cc2cc[nH]c2cc1C. The van der Waals surface area contributed by atoms with Crippen LogP contribution in [0.25, 0.3) is 10.9 Å². The van der Waals surface area contributed by atoms with Crippen LogP contribution in [-0.2, 0) is 4.74 Å². The van der Waals surface area contributed by atoms with Crippen molar-refractivity contribution < 1.29 is 9.53 Å². The van der Waals surface area contributed by atoms with Crippen molar-refractivity contribution in [1.82, 2.24) is 4.98 Å². The molecule has 0 aliphatic heterocycles. The normalized spacial score (nSPS) is 8.95. The Hall–Kier alpha value is -1.77. The Labute approximate surface area is 116 Å². The number of carbonyl (C=O) groups excluding carboxylic acids is 1. The smallest absolute Gasteiger partial charge is 0.338 e. The molecule has 2 rings (SSSR count). The van der Waals surface area contributed by atoms with E-state index in [4.69, 9.17) is 4.74 Å². The van der Waals surface area contributed by atoms with E-state index in [-0.39, 0.29) is 5.97 Å². The molecule has 19 heavy (non-hydrogen) atoms. The predicted molar refractivity (Wildman–Crippen MR) is 81.7 cm³/mol. The number of carbonyl (C=O) groups is 1. The molecule has 2 aromatic rings. The molecule has 0 atom stereocenters. The summed E-state index contributed by atoms with van der Waals surface area (Å²) >= 11 is 0. The van der Waals surface area contributed by atoms with Crippen molar-refractivity contribution in [3.05, 3.63) is 35.5 Å². The Bertz CT molecular complexity index is 500. The van der Waals surface area contributed by atoms with Crippen molar-refractivity contribution in [3.8, 4) is 0 Å². The number of ether oxygens (including phenoxy) is 1. The lowest BCUT2D eigenvalue weighted by Crippen LogP contribution is -2.06. The van der Waals surface area contributed by atoms with Crippen LogP contribution >= 0.6 is 0 Å². The molecule has 0 radical (unpaired) electrons. The number of H-pyrrole nitrogens is 1. The lowest BCUT2D eigenvalue weighted by molar-refractivity contribution is 0.0525. The lowest BCUT2D eigenvalue weighted by Gasteiger charge is -2.05. The maximum absolute atomic E-state index is 11.6. The third-order valence-corrected chi connectivity index (χ3v) is 2.39. The number of aromatic nitrogens is 1. The number of fused-ring (bicyclic) bond motifs is 1. The van der Waals surface area contributed by atoms with Gasteiger partial charge >= 0.3 is 5.97 Å². The van der Waals surface area contributed by atoms with Gasteiger partial charge in [0.1, 0.15) is 0 Å². The number of hydrogen-bond acceptors (Lipinski definition) is 2. The van der Waals surface area contributed by atoms with Crippen molar-refractivity contribution in [1.29, 1.82) is 0 Å². The highest BCUT2D eigenvalue weighted by molar-refractivity contribution is 5.96. The fourth-order valence-corrected chi connectivity index (χ4v) is 1.64. The summed E-state index contributed by atoms with van der Waals surface area (Å²) < 4.78 is 4.99. The van der Waals surface area contributed by atoms with E-state index in [1.54, 1.807) is 0 Å². The molecule has 0 spiro atoms. The van der Waals surface area contributed by atoms with Crippen LogP contribution in [0.1, 0.15) is 50.5 Å². The molecule has 0 aliphatic carbocycles. The summed E-state index contributed by atoms with van der Waals surface area (Å²) in [5.41, 5.74) is 2.62. The molecule has 1 aromatic carbocycles. The van der Waals surface area contributed by atoms with Gasteiger partial charge in [-0.15, -0.1) is 0 Å². The van der Waals surface area contributed by atoms with Crippen LogP contribution in [-0.4, -0.2) is 17.6 Å². The Morgan fingerprint density at radius 1 is 1.21 bits per heavy atom. The summed E-state index contributed by atoms with van der Waals surface area (Å²) in [6.45, 7) is 12.1. The molecular formula is C16H25NO2. The number of rotatable bonds is 2. The molecule has 0 aliphatic rings. The summed E-state index contributed by atoms with van der Waals surface area (Å²) in [5.74, 6) is -0.252. The van der Waals surface area contributed by atoms with Gasteiger partial charge in [0.25, 0.3) is 0 Å². The first kappa shape index (κ1) is 17.2. The fraction of sp³-hybridized carbons (Fsp3) is 0.438. The Morgan fingerprint density at radius 3 is 2.42 bits per heavy atom. The second kappa shape index (κ2) is 9.20. The summed E-state index contributed by atoms with van der Waals surface area (Å²) in [5, 5.41) is 1.03. The van der Waals surface area contributed by atoms with Crippen LogP contribution in [0.4, 0.5) is 0 Å². The van der Waals surface area contributed by atoms with E-state index in [1.807, 2.05) is 65.9 Å². The summed E-state index contributed by atoms with van der Waals surface area (Å²) in [6.07, 6.45) is 1.86. The standard InChI is InChI=1S/C12H13NO2.2C2H6/c1-3-15-12(14)10-7-9-4-5-13-11(9)6-8(10)2;2*1-2/h4-7,13H,3H2,1-2H3;2*1-2H3. The number of aromatic amines is 1. The minimum Gasteiger partial charge on any atom is -0.462 e. The molecule has 3 heteroatoms. The fourth-order valence-electron chi connectivity index (χ4n) is 1.64. The van der Waals surface area contributed by atoms with E-state index in [0.717, 1.165) is 16.5 Å². The zero-order valence-corrected chi connectivity index (χ0v) is 12.8. The van der Waals surface area contributed by atoms with E-state index in [1.165, 1.54) is 0 Å². The molecule has 0 fully saturated rings. The third-order valence-electron chi connectivity index (χ3n) is 2.39. The molecule has 0 unspecified atom stereocenters. The first-order valence-corrected chi connectivity index (χ1v) is 6.97. The van der Waals surface area contributed by atoms with E-state index in [9.17, 15) is 4.79 Å². The van der Waals surface area contributed by atoms with Gasteiger partial charge in [-0.25, -0.2) is 4.79 Å². The van der Waals surface area contributed by atoms with Gasteiger partial charge in [-0.3, -0.25) is 0 Å². The van der Waals surface area contributed by atoms with E-state index < -0.39 is 0 Å².